The fourth-order valence-corrected chi connectivity index (χ4v) is 4.78. The lowest BCUT2D eigenvalue weighted by atomic mass is 9.98. The van der Waals surface area contributed by atoms with E-state index in [9.17, 15) is 45.6 Å². The maximum absolute atomic E-state index is 12.9. The van der Waals surface area contributed by atoms with Crippen LogP contribution in [0.3, 0.4) is 0 Å². The van der Waals surface area contributed by atoms with Gasteiger partial charge in [0.05, 0.1) is 26.9 Å². The zero-order valence-electron chi connectivity index (χ0n) is 22.1. The Hall–Kier alpha value is -3.51. The summed E-state index contributed by atoms with van der Waals surface area (Å²) < 4.78 is 33.2. The number of hydrogen-bond donors (Lipinski definition) is 8. The summed E-state index contributed by atoms with van der Waals surface area (Å²) in [6, 6.07) is 7.73. The molecular weight excluding hydrogens is 564 g/mol. The Kier molecular flexibility index (Phi) is 8.30. The highest BCUT2D eigenvalue weighted by Crippen LogP contribution is 2.36. The quantitative estimate of drug-likeness (QED) is 0.148. The van der Waals surface area contributed by atoms with Gasteiger partial charge in [-0.3, -0.25) is 4.79 Å². The summed E-state index contributed by atoms with van der Waals surface area (Å²) in [4.78, 5) is 12.9. The summed E-state index contributed by atoms with van der Waals surface area (Å²) in [7, 11) is 1.35. The number of phenolic OH excluding ortho intramolecular Hbond substituents is 2. The Morgan fingerprint density at radius 3 is 2.43 bits per heavy atom. The van der Waals surface area contributed by atoms with Crippen molar-refractivity contribution in [2.45, 2.75) is 48.7 Å². The van der Waals surface area contributed by atoms with Gasteiger partial charge in [0.1, 0.15) is 58.2 Å². The number of fused-ring (bicyclic) bond motifs is 1. The van der Waals surface area contributed by atoms with Crippen molar-refractivity contribution in [3.63, 3.8) is 0 Å². The molecule has 42 heavy (non-hydrogen) atoms. The van der Waals surface area contributed by atoms with Crippen LogP contribution in [-0.4, -0.2) is 116 Å². The van der Waals surface area contributed by atoms with Crippen LogP contribution in [0.5, 0.6) is 23.0 Å². The third-order valence-corrected chi connectivity index (χ3v) is 7.20. The molecule has 8 atom stereocenters. The van der Waals surface area contributed by atoms with Crippen LogP contribution in [0.25, 0.3) is 22.3 Å². The normalized spacial score (nSPS) is 31.4. The standard InChI is InChI=1S/C27H30O15/c1-37-17-4-11(2-3-13(17)30)16-7-15(32)20-14(31)5-12(6-18(20)40-16)39-25-23(22(34)21(33)19(8-28)41-25)42-26-24(35)27(36,9-29)10-38-26/h2-7,19,21-26,28-31,33-36H,8-10H2,1H3/t19-,21-,22+,23-,24-,25-,26+,27-/m1/s1. The first-order valence-corrected chi connectivity index (χ1v) is 12.8. The zero-order chi connectivity index (χ0) is 30.3. The molecule has 1 aromatic heterocycles. The van der Waals surface area contributed by atoms with Crippen molar-refractivity contribution in [2.75, 3.05) is 26.9 Å². The van der Waals surface area contributed by atoms with E-state index < -0.39 is 79.7 Å². The highest BCUT2D eigenvalue weighted by molar-refractivity contribution is 5.86. The Morgan fingerprint density at radius 2 is 1.76 bits per heavy atom. The lowest BCUT2D eigenvalue weighted by molar-refractivity contribution is -0.318. The molecule has 8 N–H and O–H groups in total. The lowest BCUT2D eigenvalue weighted by Crippen LogP contribution is -2.62. The van der Waals surface area contributed by atoms with Gasteiger partial charge in [-0.15, -0.1) is 0 Å². The molecule has 0 spiro atoms. The van der Waals surface area contributed by atoms with E-state index >= 15 is 0 Å². The summed E-state index contributed by atoms with van der Waals surface area (Å²) in [5, 5.41) is 81.3. The van der Waals surface area contributed by atoms with Crippen molar-refractivity contribution in [3.05, 3.63) is 46.6 Å². The topological polar surface area (TPSA) is 238 Å². The van der Waals surface area contributed by atoms with Crippen LogP contribution in [0.2, 0.25) is 0 Å². The number of aliphatic hydroxyl groups is 6. The van der Waals surface area contributed by atoms with Gasteiger partial charge in [0, 0.05) is 23.8 Å². The van der Waals surface area contributed by atoms with Gasteiger partial charge in [-0.25, -0.2) is 0 Å². The van der Waals surface area contributed by atoms with Crippen molar-refractivity contribution >= 4 is 11.0 Å². The van der Waals surface area contributed by atoms with Gasteiger partial charge >= 0.3 is 0 Å². The minimum Gasteiger partial charge on any atom is -0.507 e. The smallest absolute Gasteiger partial charge is 0.229 e. The Labute approximate surface area is 236 Å². The molecule has 0 amide bonds. The van der Waals surface area contributed by atoms with Gasteiger partial charge in [-0.2, -0.15) is 0 Å². The van der Waals surface area contributed by atoms with Gasteiger partial charge in [-0.1, -0.05) is 0 Å². The van der Waals surface area contributed by atoms with Crippen molar-refractivity contribution in [1.82, 2.24) is 0 Å². The van der Waals surface area contributed by atoms with Gasteiger partial charge in [0.2, 0.25) is 6.29 Å². The SMILES string of the molecule is COc1cc(-c2cc(=O)c3c(O)cc(O[C@@H]4O[C@H](CO)[C@@H](O)[C@H](O)[C@H]4O[C@@H]4OC[C@](O)(CO)[C@@H]4O)cc3o2)ccc1O. The number of rotatable bonds is 8. The molecule has 2 aromatic carbocycles. The van der Waals surface area contributed by atoms with Crippen LogP contribution in [0, 0.1) is 0 Å². The number of benzene rings is 2. The van der Waals surface area contributed by atoms with Crippen LogP contribution in [0.15, 0.2) is 45.6 Å². The van der Waals surface area contributed by atoms with Crippen molar-refractivity contribution < 1.29 is 69.0 Å². The maximum atomic E-state index is 12.9. The molecule has 5 rings (SSSR count). The Bertz CT molecular complexity index is 1490. The number of ether oxygens (including phenoxy) is 5. The predicted molar refractivity (Wildman–Crippen MR) is 139 cm³/mol. The average molecular weight is 595 g/mol. The fraction of sp³-hybridized carbons (Fsp3) is 0.444. The molecule has 0 aliphatic carbocycles. The molecule has 2 fully saturated rings. The molecular formula is C27H30O15. The molecule has 228 valence electrons. The van der Waals surface area contributed by atoms with E-state index in [0.29, 0.717) is 5.56 Å². The minimum atomic E-state index is -2.05. The van der Waals surface area contributed by atoms with Gasteiger partial charge in [0.15, 0.2) is 29.3 Å². The molecule has 0 radical (unpaired) electrons. The summed E-state index contributed by atoms with van der Waals surface area (Å²) in [5.74, 6) is -0.612. The molecule has 0 bridgehead atoms. The van der Waals surface area contributed by atoms with Crippen LogP contribution < -0.4 is 14.9 Å². The fourth-order valence-electron chi connectivity index (χ4n) is 4.78. The first-order chi connectivity index (χ1) is 20.0. The maximum Gasteiger partial charge on any atom is 0.229 e. The zero-order valence-corrected chi connectivity index (χ0v) is 22.1. The molecule has 15 heteroatoms. The predicted octanol–water partition coefficient (Wildman–Crippen LogP) is -1.48. The molecule has 3 aromatic rings. The molecule has 2 aliphatic rings. The highest BCUT2D eigenvalue weighted by Gasteiger charge is 2.53. The molecule has 15 nitrogen and oxygen atoms in total. The summed E-state index contributed by atoms with van der Waals surface area (Å²) in [5.41, 5.74) is -2.39. The van der Waals surface area contributed by atoms with Gasteiger partial charge in [0.25, 0.3) is 0 Å². The Morgan fingerprint density at radius 1 is 1.00 bits per heavy atom. The third-order valence-electron chi connectivity index (χ3n) is 7.20. The minimum absolute atomic E-state index is 0.0695. The van der Waals surface area contributed by atoms with Crippen molar-refractivity contribution in [1.29, 1.82) is 0 Å². The molecule has 2 saturated heterocycles. The third kappa shape index (κ3) is 5.37. The number of hydrogen-bond acceptors (Lipinski definition) is 15. The number of phenols is 2. The van der Waals surface area contributed by atoms with Crippen LogP contribution in [0.4, 0.5) is 0 Å². The summed E-state index contributed by atoms with van der Waals surface area (Å²) in [6.07, 6.45) is -11.3. The van der Waals surface area contributed by atoms with Crippen molar-refractivity contribution in [2.24, 2.45) is 0 Å². The number of methoxy groups -OCH3 is 1. The number of aromatic hydroxyl groups is 2. The largest absolute Gasteiger partial charge is 0.507 e. The second-order valence-corrected chi connectivity index (χ2v) is 9.99. The first-order valence-electron chi connectivity index (χ1n) is 12.8. The van der Waals surface area contributed by atoms with E-state index in [0.717, 1.165) is 12.1 Å². The molecule has 0 unspecified atom stereocenters. The van der Waals surface area contributed by atoms with Crippen LogP contribution in [0.1, 0.15) is 0 Å². The van der Waals surface area contributed by atoms with Crippen LogP contribution >= 0.6 is 0 Å². The molecule has 3 heterocycles. The second kappa shape index (κ2) is 11.6. The van der Waals surface area contributed by atoms with E-state index in [1.165, 1.54) is 31.4 Å². The van der Waals surface area contributed by atoms with Crippen LogP contribution in [-0.2, 0) is 14.2 Å². The van der Waals surface area contributed by atoms with Crippen molar-refractivity contribution in [3.8, 4) is 34.3 Å². The highest BCUT2D eigenvalue weighted by atomic mass is 16.8. The average Bonchev–Trinajstić information content (AvgIpc) is 3.25. The number of aliphatic hydroxyl groups excluding tert-OH is 5. The van der Waals surface area contributed by atoms with E-state index in [1.54, 1.807) is 0 Å². The van der Waals surface area contributed by atoms with E-state index in [1.807, 2.05) is 0 Å². The summed E-state index contributed by atoms with van der Waals surface area (Å²) in [6.45, 7) is -2.08. The van der Waals surface area contributed by atoms with E-state index in [4.69, 9.17) is 28.1 Å². The Balaban J connectivity index is 1.48. The second-order valence-electron chi connectivity index (χ2n) is 9.99. The summed E-state index contributed by atoms with van der Waals surface area (Å²) >= 11 is 0. The molecule has 0 saturated carbocycles. The van der Waals surface area contributed by atoms with E-state index in [2.05, 4.69) is 0 Å². The lowest BCUT2D eigenvalue weighted by Gasteiger charge is -2.42. The van der Waals surface area contributed by atoms with E-state index in [-0.39, 0.29) is 34.0 Å². The van der Waals surface area contributed by atoms with Gasteiger partial charge < -0.3 is 69.0 Å². The molecule has 2 aliphatic heterocycles. The monoisotopic (exact) mass is 594 g/mol. The van der Waals surface area contributed by atoms with Gasteiger partial charge in [-0.05, 0) is 18.2 Å². The first kappa shape index (κ1) is 30.0.